The van der Waals surface area contributed by atoms with Gasteiger partial charge in [0.05, 0.1) is 12.6 Å². The van der Waals surface area contributed by atoms with Gasteiger partial charge in [-0.1, -0.05) is 43.7 Å². The maximum absolute atomic E-state index is 11.9. The van der Waals surface area contributed by atoms with Crippen LogP contribution in [0.4, 0.5) is 0 Å². The maximum atomic E-state index is 11.9. The van der Waals surface area contributed by atoms with Crippen molar-refractivity contribution < 1.29 is 14.7 Å². The lowest BCUT2D eigenvalue weighted by Gasteiger charge is -2.17. The zero-order chi connectivity index (χ0) is 14.4. The number of ketones is 1. The fraction of sp³-hybridized carbons (Fsp3) is 0.467. The number of hydrogen-bond acceptors (Lipinski definition) is 3. The minimum atomic E-state index is -0.663. The van der Waals surface area contributed by atoms with Crippen molar-refractivity contribution in [2.75, 3.05) is 6.61 Å². The molecule has 0 saturated carbocycles. The highest BCUT2D eigenvalue weighted by molar-refractivity contribution is 6.42. The summed E-state index contributed by atoms with van der Waals surface area (Å²) in [5.74, 6) is -0.891. The normalized spacial score (nSPS) is 12.3. The minimum absolute atomic E-state index is 0.162. The van der Waals surface area contributed by atoms with E-state index in [1.165, 1.54) is 0 Å². The third-order valence-corrected chi connectivity index (χ3v) is 2.83. The highest BCUT2D eigenvalue weighted by atomic mass is 16.3. The minimum Gasteiger partial charge on any atom is -0.394 e. The van der Waals surface area contributed by atoms with Crippen LogP contribution in [-0.2, 0) is 4.79 Å². The lowest BCUT2D eigenvalue weighted by Crippen LogP contribution is -2.42. The summed E-state index contributed by atoms with van der Waals surface area (Å²) in [6.45, 7) is 5.75. The monoisotopic (exact) mass is 263 g/mol. The number of aliphatic hydroxyl groups excluding tert-OH is 1. The first-order valence-corrected chi connectivity index (χ1v) is 6.46. The molecule has 0 aliphatic heterocycles. The quantitative estimate of drug-likeness (QED) is 0.606. The molecule has 1 rings (SSSR count). The van der Waals surface area contributed by atoms with Gasteiger partial charge in [0.15, 0.2) is 0 Å². The van der Waals surface area contributed by atoms with Crippen molar-refractivity contribution in [1.29, 1.82) is 0 Å². The Hall–Kier alpha value is -1.68. The van der Waals surface area contributed by atoms with Crippen molar-refractivity contribution in [2.24, 2.45) is 5.92 Å². The van der Waals surface area contributed by atoms with Crippen LogP contribution in [0.1, 0.15) is 36.2 Å². The fourth-order valence-electron chi connectivity index (χ4n) is 1.84. The summed E-state index contributed by atoms with van der Waals surface area (Å²) in [5, 5.41) is 11.8. The van der Waals surface area contributed by atoms with E-state index in [-0.39, 0.29) is 12.6 Å². The second-order valence-electron chi connectivity index (χ2n) is 5.18. The van der Waals surface area contributed by atoms with Gasteiger partial charge in [-0.05, 0) is 19.3 Å². The molecule has 0 aliphatic rings. The van der Waals surface area contributed by atoms with Crippen LogP contribution in [0.15, 0.2) is 24.3 Å². The summed E-state index contributed by atoms with van der Waals surface area (Å²) >= 11 is 0. The van der Waals surface area contributed by atoms with Crippen LogP contribution >= 0.6 is 0 Å². The molecule has 0 aromatic heterocycles. The molecule has 0 heterocycles. The summed E-state index contributed by atoms with van der Waals surface area (Å²) in [7, 11) is 0. The number of carbonyl (C=O) groups excluding carboxylic acids is 2. The van der Waals surface area contributed by atoms with Crippen LogP contribution in [0.5, 0.6) is 0 Å². The molecule has 1 amide bonds. The first-order chi connectivity index (χ1) is 8.93. The highest BCUT2D eigenvalue weighted by Crippen LogP contribution is 2.07. The number of Topliss-reactive ketones (excluding diaryl/α,β-unsaturated/α-hetero) is 1. The zero-order valence-corrected chi connectivity index (χ0v) is 11.6. The number of nitrogens with one attached hydrogen (secondary N) is 1. The molecule has 0 bridgehead atoms. The van der Waals surface area contributed by atoms with Gasteiger partial charge in [-0.25, -0.2) is 0 Å². The van der Waals surface area contributed by atoms with E-state index < -0.39 is 11.7 Å². The van der Waals surface area contributed by atoms with E-state index in [0.29, 0.717) is 17.9 Å². The number of aryl methyl sites for hydroxylation is 1. The second kappa shape index (κ2) is 7.04. The van der Waals surface area contributed by atoms with Gasteiger partial charge in [-0.15, -0.1) is 0 Å². The lowest BCUT2D eigenvalue weighted by atomic mass is 10.0. The summed E-state index contributed by atoms with van der Waals surface area (Å²) in [5.41, 5.74) is 1.40. The lowest BCUT2D eigenvalue weighted by molar-refractivity contribution is -0.118. The molecule has 19 heavy (non-hydrogen) atoms. The van der Waals surface area contributed by atoms with E-state index in [9.17, 15) is 14.7 Å². The molecule has 0 spiro atoms. The molecule has 0 saturated heterocycles. The first kappa shape index (κ1) is 15.4. The number of aliphatic hydroxyl groups is 1. The molecule has 0 fully saturated rings. The van der Waals surface area contributed by atoms with Crippen molar-refractivity contribution in [2.45, 2.75) is 33.2 Å². The van der Waals surface area contributed by atoms with Crippen molar-refractivity contribution in [3.63, 3.8) is 0 Å². The molecule has 1 aromatic rings. The topological polar surface area (TPSA) is 66.4 Å². The Kier molecular flexibility index (Phi) is 5.70. The van der Waals surface area contributed by atoms with Crippen molar-refractivity contribution in [3.05, 3.63) is 35.4 Å². The van der Waals surface area contributed by atoms with Crippen molar-refractivity contribution >= 4 is 11.7 Å². The average Bonchev–Trinajstić information content (AvgIpc) is 2.37. The Morgan fingerprint density at radius 1 is 1.21 bits per heavy atom. The molecule has 0 radical (unpaired) electrons. The van der Waals surface area contributed by atoms with Crippen LogP contribution in [0.25, 0.3) is 0 Å². The summed E-state index contributed by atoms with van der Waals surface area (Å²) in [6.07, 6.45) is 0.642. The summed E-state index contributed by atoms with van der Waals surface area (Å²) in [6, 6.07) is 6.47. The molecule has 0 aliphatic carbocycles. The Morgan fingerprint density at radius 3 is 2.26 bits per heavy atom. The molecule has 1 unspecified atom stereocenters. The molecule has 2 N–H and O–H groups in total. The Balaban J connectivity index is 2.66. The maximum Gasteiger partial charge on any atom is 0.292 e. The van der Waals surface area contributed by atoms with Gasteiger partial charge in [0.25, 0.3) is 5.91 Å². The van der Waals surface area contributed by atoms with Crippen LogP contribution in [-0.4, -0.2) is 29.4 Å². The smallest absolute Gasteiger partial charge is 0.292 e. The van der Waals surface area contributed by atoms with Gasteiger partial charge in [-0.2, -0.15) is 0 Å². The average molecular weight is 263 g/mol. The summed E-state index contributed by atoms with van der Waals surface area (Å²) < 4.78 is 0. The van der Waals surface area contributed by atoms with Gasteiger partial charge in [-0.3, -0.25) is 9.59 Å². The van der Waals surface area contributed by atoms with E-state index in [1.54, 1.807) is 24.3 Å². The number of benzene rings is 1. The third kappa shape index (κ3) is 4.83. The Labute approximate surface area is 113 Å². The molecule has 4 heteroatoms. The van der Waals surface area contributed by atoms with Gasteiger partial charge >= 0.3 is 0 Å². The first-order valence-electron chi connectivity index (χ1n) is 6.46. The largest absolute Gasteiger partial charge is 0.394 e. The third-order valence-electron chi connectivity index (χ3n) is 2.83. The predicted molar refractivity (Wildman–Crippen MR) is 74.0 cm³/mol. The Bertz CT molecular complexity index is 437. The van der Waals surface area contributed by atoms with E-state index in [1.807, 2.05) is 20.8 Å². The van der Waals surface area contributed by atoms with Crippen LogP contribution in [0.3, 0.4) is 0 Å². The fourth-order valence-corrected chi connectivity index (χ4v) is 1.84. The van der Waals surface area contributed by atoms with Crippen molar-refractivity contribution in [1.82, 2.24) is 5.32 Å². The molecule has 104 valence electrons. The van der Waals surface area contributed by atoms with Crippen LogP contribution in [0.2, 0.25) is 0 Å². The number of hydrogen-bond donors (Lipinski definition) is 2. The van der Waals surface area contributed by atoms with Gasteiger partial charge < -0.3 is 10.4 Å². The van der Waals surface area contributed by atoms with Crippen LogP contribution in [0, 0.1) is 12.8 Å². The van der Waals surface area contributed by atoms with Gasteiger partial charge in [0.1, 0.15) is 0 Å². The van der Waals surface area contributed by atoms with Gasteiger partial charge in [0.2, 0.25) is 5.78 Å². The van der Waals surface area contributed by atoms with E-state index >= 15 is 0 Å². The zero-order valence-electron chi connectivity index (χ0n) is 11.6. The number of rotatable bonds is 6. The Morgan fingerprint density at radius 2 is 1.79 bits per heavy atom. The molecular weight excluding hydrogens is 242 g/mol. The number of amides is 1. The SMILES string of the molecule is Cc1ccc(C(=O)C(=O)NC(CO)CC(C)C)cc1. The predicted octanol–water partition coefficient (Wildman–Crippen LogP) is 1.70. The molecule has 1 atom stereocenters. The van der Waals surface area contributed by atoms with Crippen molar-refractivity contribution in [3.8, 4) is 0 Å². The number of carbonyl (C=O) groups is 2. The standard InChI is InChI=1S/C15H21NO3/c1-10(2)8-13(9-17)16-15(19)14(18)12-6-4-11(3)5-7-12/h4-7,10,13,17H,8-9H2,1-3H3,(H,16,19). The van der Waals surface area contributed by atoms with Crippen LogP contribution < -0.4 is 5.32 Å². The van der Waals surface area contributed by atoms with E-state index in [2.05, 4.69) is 5.32 Å². The summed E-state index contributed by atoms with van der Waals surface area (Å²) in [4.78, 5) is 23.7. The van der Waals surface area contributed by atoms with E-state index in [0.717, 1.165) is 5.56 Å². The highest BCUT2D eigenvalue weighted by Gasteiger charge is 2.20. The van der Waals surface area contributed by atoms with Gasteiger partial charge in [0, 0.05) is 5.56 Å². The molecule has 1 aromatic carbocycles. The molecular formula is C15H21NO3. The molecule has 4 nitrogen and oxygen atoms in total. The second-order valence-corrected chi connectivity index (χ2v) is 5.18. The van der Waals surface area contributed by atoms with E-state index in [4.69, 9.17) is 0 Å².